The third-order valence-corrected chi connectivity index (χ3v) is 5.17. The maximum Gasteiger partial charge on any atom is 0.263 e. The molecular formula is C20H19F2N3OS. The molecule has 0 unspecified atom stereocenters. The van der Waals surface area contributed by atoms with Crippen LogP contribution in [0.5, 0.6) is 0 Å². The second-order valence-corrected chi connectivity index (χ2v) is 6.99. The van der Waals surface area contributed by atoms with E-state index in [-0.39, 0.29) is 18.0 Å². The predicted octanol–water partition coefficient (Wildman–Crippen LogP) is 4.97. The smallest absolute Gasteiger partial charge is 0.263 e. The lowest BCUT2D eigenvalue weighted by molar-refractivity contribution is 0.0954. The normalized spacial score (nSPS) is 10.7. The zero-order valence-corrected chi connectivity index (χ0v) is 15.8. The van der Waals surface area contributed by atoms with Gasteiger partial charge in [-0.05, 0) is 31.0 Å². The molecule has 0 fully saturated rings. The molecule has 2 aromatic carbocycles. The van der Waals surface area contributed by atoms with Crippen molar-refractivity contribution in [2.45, 2.75) is 26.8 Å². The van der Waals surface area contributed by atoms with Gasteiger partial charge in [0.2, 0.25) is 0 Å². The van der Waals surface area contributed by atoms with E-state index in [1.165, 1.54) is 17.4 Å². The minimum absolute atomic E-state index is 0.0241. The Morgan fingerprint density at radius 1 is 1.15 bits per heavy atom. The van der Waals surface area contributed by atoms with Gasteiger partial charge in [0.05, 0.1) is 5.69 Å². The summed E-state index contributed by atoms with van der Waals surface area (Å²) in [6, 6.07) is 11.2. The monoisotopic (exact) mass is 387 g/mol. The van der Waals surface area contributed by atoms with Crippen molar-refractivity contribution in [3.05, 3.63) is 75.8 Å². The second-order valence-electron chi connectivity index (χ2n) is 5.99. The van der Waals surface area contributed by atoms with Gasteiger partial charge in [0, 0.05) is 23.9 Å². The molecule has 3 rings (SSSR count). The first kappa shape index (κ1) is 19.0. The molecule has 0 radical (unpaired) electrons. The summed E-state index contributed by atoms with van der Waals surface area (Å²) in [5.41, 5.74) is 2.92. The van der Waals surface area contributed by atoms with Gasteiger partial charge in [-0.15, -0.1) is 0 Å². The maximum atomic E-state index is 13.7. The molecule has 7 heteroatoms. The number of thiazole rings is 1. The number of halogens is 2. The molecule has 0 spiro atoms. The Morgan fingerprint density at radius 2 is 1.93 bits per heavy atom. The average molecular weight is 387 g/mol. The number of aryl methyl sites for hydroxylation is 2. The quantitative estimate of drug-likeness (QED) is 0.628. The summed E-state index contributed by atoms with van der Waals surface area (Å²) in [6.07, 6.45) is 0.879. The molecule has 0 bridgehead atoms. The molecule has 0 aliphatic heterocycles. The van der Waals surface area contributed by atoms with E-state index < -0.39 is 11.6 Å². The predicted molar refractivity (Wildman–Crippen MR) is 103 cm³/mol. The molecule has 4 nitrogen and oxygen atoms in total. The first-order chi connectivity index (χ1) is 13.0. The van der Waals surface area contributed by atoms with Gasteiger partial charge >= 0.3 is 0 Å². The third-order valence-electron chi connectivity index (χ3n) is 4.10. The number of aromatic nitrogens is 1. The van der Waals surface area contributed by atoms with E-state index in [4.69, 9.17) is 0 Å². The van der Waals surface area contributed by atoms with Gasteiger partial charge < -0.3 is 10.6 Å². The zero-order valence-electron chi connectivity index (χ0n) is 15.0. The van der Waals surface area contributed by atoms with Crippen molar-refractivity contribution in [1.29, 1.82) is 0 Å². The Hall–Kier alpha value is -2.80. The molecule has 0 aliphatic carbocycles. The van der Waals surface area contributed by atoms with Crippen LogP contribution in [-0.2, 0) is 13.0 Å². The van der Waals surface area contributed by atoms with Crippen LogP contribution in [0, 0.1) is 18.6 Å². The number of benzene rings is 2. The van der Waals surface area contributed by atoms with Gasteiger partial charge in [-0.2, -0.15) is 0 Å². The first-order valence-electron chi connectivity index (χ1n) is 8.52. The Balaban J connectivity index is 1.71. The van der Waals surface area contributed by atoms with Crippen molar-refractivity contribution in [1.82, 2.24) is 10.3 Å². The highest BCUT2D eigenvalue weighted by atomic mass is 32.1. The number of nitrogens with zero attached hydrogens (tertiary/aromatic N) is 1. The van der Waals surface area contributed by atoms with Gasteiger partial charge in [-0.1, -0.05) is 42.5 Å². The van der Waals surface area contributed by atoms with Crippen LogP contribution >= 0.6 is 11.3 Å². The summed E-state index contributed by atoms with van der Waals surface area (Å²) >= 11 is 1.24. The molecule has 1 heterocycles. The molecule has 3 aromatic rings. The van der Waals surface area contributed by atoms with Gasteiger partial charge in [0.15, 0.2) is 5.13 Å². The van der Waals surface area contributed by atoms with E-state index in [1.54, 1.807) is 6.92 Å². The van der Waals surface area contributed by atoms with Crippen LogP contribution < -0.4 is 10.6 Å². The Kier molecular flexibility index (Phi) is 5.81. The topological polar surface area (TPSA) is 54.0 Å². The van der Waals surface area contributed by atoms with Crippen LogP contribution in [0.25, 0.3) is 0 Å². The van der Waals surface area contributed by atoms with Gasteiger partial charge in [0.1, 0.15) is 16.5 Å². The molecule has 1 aromatic heterocycles. The third kappa shape index (κ3) is 4.49. The van der Waals surface area contributed by atoms with Crippen LogP contribution in [0.2, 0.25) is 0 Å². The minimum Gasteiger partial charge on any atom is -0.347 e. The van der Waals surface area contributed by atoms with Gasteiger partial charge in [-0.25, -0.2) is 13.8 Å². The molecule has 1 amide bonds. The number of rotatable bonds is 6. The molecular weight excluding hydrogens is 368 g/mol. The number of para-hydroxylation sites is 1. The largest absolute Gasteiger partial charge is 0.347 e. The van der Waals surface area contributed by atoms with Crippen molar-refractivity contribution < 1.29 is 13.6 Å². The summed E-state index contributed by atoms with van der Waals surface area (Å²) in [5.74, 6) is -1.68. The van der Waals surface area contributed by atoms with Crippen molar-refractivity contribution in [2.75, 3.05) is 5.32 Å². The minimum atomic E-state index is -0.685. The molecule has 0 saturated carbocycles. The van der Waals surface area contributed by atoms with Crippen molar-refractivity contribution in [2.24, 2.45) is 0 Å². The fourth-order valence-corrected chi connectivity index (χ4v) is 3.54. The molecule has 0 aliphatic rings. The molecule has 0 atom stereocenters. The van der Waals surface area contributed by atoms with Crippen LogP contribution in [0.1, 0.15) is 33.4 Å². The molecule has 140 valence electrons. The van der Waals surface area contributed by atoms with Crippen LogP contribution in [-0.4, -0.2) is 10.9 Å². The van der Waals surface area contributed by atoms with E-state index in [1.807, 2.05) is 24.3 Å². The lowest BCUT2D eigenvalue weighted by atomic mass is 10.1. The van der Waals surface area contributed by atoms with Crippen LogP contribution in [0.15, 0.2) is 42.5 Å². The SMILES string of the molecule is CCc1ccccc1Nc1nc(C)c(C(=O)NCc2ccc(F)cc2F)s1. The Labute approximate surface area is 160 Å². The highest BCUT2D eigenvalue weighted by Gasteiger charge is 2.16. The summed E-state index contributed by atoms with van der Waals surface area (Å²) in [7, 11) is 0. The van der Waals surface area contributed by atoms with Gasteiger partial charge in [0.25, 0.3) is 5.91 Å². The Bertz CT molecular complexity index is 972. The van der Waals surface area contributed by atoms with Crippen LogP contribution in [0.3, 0.4) is 0 Å². The fourth-order valence-electron chi connectivity index (χ4n) is 2.65. The maximum absolute atomic E-state index is 13.7. The summed E-state index contributed by atoms with van der Waals surface area (Å²) in [6.45, 7) is 3.80. The number of anilines is 2. The molecule has 2 N–H and O–H groups in total. The number of amides is 1. The van der Waals surface area contributed by atoms with E-state index in [0.29, 0.717) is 15.7 Å². The average Bonchev–Trinajstić information content (AvgIpc) is 3.01. The van der Waals surface area contributed by atoms with Crippen molar-refractivity contribution >= 4 is 28.1 Å². The van der Waals surface area contributed by atoms with E-state index in [9.17, 15) is 13.6 Å². The zero-order chi connectivity index (χ0) is 19.4. The fraction of sp³-hybridized carbons (Fsp3) is 0.200. The number of hydrogen-bond acceptors (Lipinski definition) is 4. The van der Waals surface area contributed by atoms with E-state index >= 15 is 0 Å². The lowest BCUT2D eigenvalue weighted by Crippen LogP contribution is -2.23. The van der Waals surface area contributed by atoms with Gasteiger partial charge in [-0.3, -0.25) is 4.79 Å². The Morgan fingerprint density at radius 3 is 2.67 bits per heavy atom. The van der Waals surface area contributed by atoms with Crippen molar-refractivity contribution in [3.63, 3.8) is 0 Å². The highest BCUT2D eigenvalue weighted by molar-refractivity contribution is 7.17. The summed E-state index contributed by atoms with van der Waals surface area (Å²) < 4.78 is 26.6. The number of carbonyl (C=O) groups excluding carboxylic acids is 1. The number of carbonyl (C=O) groups is 1. The van der Waals surface area contributed by atoms with E-state index in [0.717, 1.165) is 29.8 Å². The lowest BCUT2D eigenvalue weighted by Gasteiger charge is -2.07. The molecule has 0 saturated heterocycles. The summed E-state index contributed by atoms with van der Waals surface area (Å²) in [4.78, 5) is 17.3. The number of hydrogen-bond donors (Lipinski definition) is 2. The first-order valence-corrected chi connectivity index (χ1v) is 9.34. The van der Waals surface area contributed by atoms with E-state index in [2.05, 4.69) is 22.5 Å². The highest BCUT2D eigenvalue weighted by Crippen LogP contribution is 2.27. The second kappa shape index (κ2) is 8.26. The number of nitrogens with one attached hydrogen (secondary N) is 2. The standard InChI is InChI=1S/C20H19F2N3OS/c1-3-13-6-4-5-7-17(13)25-20-24-12(2)18(27-20)19(26)23-11-14-8-9-15(21)10-16(14)22/h4-10H,3,11H2,1-2H3,(H,23,26)(H,24,25). The summed E-state index contributed by atoms with van der Waals surface area (Å²) in [5, 5.41) is 6.53. The molecule has 27 heavy (non-hydrogen) atoms. The van der Waals surface area contributed by atoms with Crippen molar-refractivity contribution in [3.8, 4) is 0 Å². The van der Waals surface area contributed by atoms with Crippen LogP contribution in [0.4, 0.5) is 19.6 Å².